The largest absolute Gasteiger partial charge is 0.378 e. The van der Waals surface area contributed by atoms with E-state index in [0.29, 0.717) is 5.37 Å². The van der Waals surface area contributed by atoms with Crippen LogP contribution >= 0.6 is 11.8 Å². The molecule has 1 unspecified atom stereocenters. The van der Waals surface area contributed by atoms with Crippen molar-refractivity contribution in [1.82, 2.24) is 0 Å². The zero-order valence-electron chi connectivity index (χ0n) is 13.4. The predicted molar refractivity (Wildman–Crippen MR) is 98.9 cm³/mol. The molecule has 1 heterocycles. The first-order valence-electron chi connectivity index (χ1n) is 7.67. The Morgan fingerprint density at radius 2 is 1.82 bits per heavy atom. The van der Waals surface area contributed by atoms with Crippen LogP contribution in [0, 0.1) is 0 Å². The maximum Gasteiger partial charge on any atom is 0.0985 e. The van der Waals surface area contributed by atoms with Crippen LogP contribution in [0.5, 0.6) is 0 Å². The van der Waals surface area contributed by atoms with Gasteiger partial charge in [0, 0.05) is 31.2 Å². The SMILES string of the molecule is CCN1c2ccccc2SC1C=Cc1ccc(N(C)C)cc1. The summed E-state index contributed by atoms with van der Waals surface area (Å²) in [7, 11) is 4.13. The molecule has 0 bridgehead atoms. The van der Waals surface area contributed by atoms with Crippen molar-refractivity contribution in [1.29, 1.82) is 0 Å². The Morgan fingerprint density at radius 1 is 1.09 bits per heavy atom. The van der Waals surface area contributed by atoms with Crippen LogP contribution in [0.4, 0.5) is 11.4 Å². The lowest BCUT2D eigenvalue weighted by atomic mass is 10.2. The number of hydrogen-bond acceptors (Lipinski definition) is 3. The van der Waals surface area contributed by atoms with E-state index in [1.807, 2.05) is 11.8 Å². The minimum absolute atomic E-state index is 0.385. The monoisotopic (exact) mass is 310 g/mol. The maximum atomic E-state index is 2.45. The van der Waals surface area contributed by atoms with Crippen LogP contribution in [0.2, 0.25) is 0 Å². The molecule has 2 nitrogen and oxygen atoms in total. The van der Waals surface area contributed by atoms with Gasteiger partial charge in [0.05, 0.1) is 11.1 Å². The summed E-state index contributed by atoms with van der Waals surface area (Å²) in [5.74, 6) is 0. The molecular formula is C19H22N2S. The second kappa shape index (κ2) is 6.49. The molecule has 22 heavy (non-hydrogen) atoms. The van der Waals surface area contributed by atoms with Gasteiger partial charge in [0.2, 0.25) is 0 Å². The maximum absolute atomic E-state index is 2.45. The number of likely N-dealkylation sites (N-methyl/N-ethyl adjacent to an activating group) is 1. The van der Waals surface area contributed by atoms with Crippen molar-refractivity contribution in [3.05, 3.63) is 60.2 Å². The summed E-state index contributed by atoms with van der Waals surface area (Å²) in [4.78, 5) is 5.95. The van der Waals surface area contributed by atoms with E-state index in [1.165, 1.54) is 21.8 Å². The molecule has 0 N–H and O–H groups in total. The Kier molecular flexibility index (Phi) is 4.44. The van der Waals surface area contributed by atoms with Gasteiger partial charge in [-0.2, -0.15) is 0 Å². The molecule has 0 aromatic heterocycles. The van der Waals surface area contributed by atoms with Crippen LogP contribution in [0.25, 0.3) is 6.08 Å². The lowest BCUT2D eigenvalue weighted by molar-refractivity contribution is 0.880. The van der Waals surface area contributed by atoms with E-state index in [2.05, 4.69) is 91.5 Å². The fourth-order valence-electron chi connectivity index (χ4n) is 2.70. The number of fused-ring (bicyclic) bond motifs is 1. The highest BCUT2D eigenvalue weighted by molar-refractivity contribution is 8.00. The summed E-state index contributed by atoms with van der Waals surface area (Å²) in [5.41, 5.74) is 3.83. The standard InChI is InChI=1S/C19H22N2S/c1-4-21-17-7-5-6-8-18(17)22-19(21)14-11-15-9-12-16(13-10-15)20(2)3/h5-14,19H,4H2,1-3H3. The molecule has 2 aromatic rings. The quantitative estimate of drug-likeness (QED) is 0.806. The summed E-state index contributed by atoms with van der Waals surface area (Å²) in [5, 5.41) is 0.385. The highest BCUT2D eigenvalue weighted by atomic mass is 32.2. The minimum Gasteiger partial charge on any atom is -0.378 e. The van der Waals surface area contributed by atoms with E-state index in [4.69, 9.17) is 0 Å². The molecule has 0 radical (unpaired) electrons. The van der Waals surface area contributed by atoms with Gasteiger partial charge in [-0.1, -0.05) is 48.2 Å². The molecule has 0 saturated heterocycles. The Hall–Kier alpha value is -1.87. The highest BCUT2D eigenvalue weighted by Crippen LogP contribution is 2.43. The fourth-order valence-corrected chi connectivity index (χ4v) is 3.97. The van der Waals surface area contributed by atoms with Crippen molar-refractivity contribution in [2.45, 2.75) is 17.2 Å². The molecule has 0 saturated carbocycles. The Balaban J connectivity index is 1.76. The lowest BCUT2D eigenvalue weighted by Gasteiger charge is -2.22. The zero-order chi connectivity index (χ0) is 15.5. The smallest absolute Gasteiger partial charge is 0.0985 e. The van der Waals surface area contributed by atoms with Crippen molar-refractivity contribution < 1.29 is 0 Å². The van der Waals surface area contributed by atoms with Crippen molar-refractivity contribution in [3.8, 4) is 0 Å². The summed E-state index contributed by atoms with van der Waals surface area (Å²) >= 11 is 1.93. The normalized spacial score (nSPS) is 17.0. The van der Waals surface area contributed by atoms with Crippen LogP contribution in [-0.2, 0) is 0 Å². The molecule has 3 rings (SSSR count). The summed E-state index contributed by atoms with van der Waals surface area (Å²) in [6.07, 6.45) is 4.53. The van der Waals surface area contributed by atoms with E-state index >= 15 is 0 Å². The van der Waals surface area contributed by atoms with Gasteiger partial charge >= 0.3 is 0 Å². The zero-order valence-corrected chi connectivity index (χ0v) is 14.2. The van der Waals surface area contributed by atoms with Gasteiger partial charge in [0.1, 0.15) is 0 Å². The third kappa shape index (κ3) is 3.00. The minimum atomic E-state index is 0.385. The second-order valence-corrected chi connectivity index (χ2v) is 6.77. The number of para-hydroxylation sites is 1. The van der Waals surface area contributed by atoms with Crippen LogP contribution in [0.1, 0.15) is 12.5 Å². The first kappa shape index (κ1) is 15.0. The van der Waals surface area contributed by atoms with Crippen LogP contribution in [0.15, 0.2) is 59.5 Å². The number of benzene rings is 2. The number of nitrogens with zero attached hydrogens (tertiary/aromatic N) is 2. The lowest BCUT2D eigenvalue weighted by Crippen LogP contribution is -2.27. The van der Waals surface area contributed by atoms with E-state index in [1.54, 1.807) is 0 Å². The van der Waals surface area contributed by atoms with Gasteiger partial charge in [0.15, 0.2) is 0 Å². The van der Waals surface area contributed by atoms with E-state index in [9.17, 15) is 0 Å². The summed E-state index contributed by atoms with van der Waals surface area (Å²) in [6, 6.07) is 17.3. The molecule has 2 aromatic carbocycles. The average molecular weight is 310 g/mol. The third-order valence-electron chi connectivity index (χ3n) is 3.93. The fraction of sp³-hybridized carbons (Fsp3) is 0.263. The molecule has 1 aliphatic rings. The van der Waals surface area contributed by atoms with E-state index < -0.39 is 0 Å². The van der Waals surface area contributed by atoms with Gasteiger partial charge < -0.3 is 9.80 Å². The number of hydrogen-bond donors (Lipinski definition) is 0. The van der Waals surface area contributed by atoms with E-state index in [0.717, 1.165) is 6.54 Å². The van der Waals surface area contributed by atoms with Crippen molar-refractivity contribution in [3.63, 3.8) is 0 Å². The molecule has 1 aliphatic heterocycles. The molecule has 0 aliphatic carbocycles. The summed E-state index contributed by atoms with van der Waals surface area (Å²) in [6.45, 7) is 3.24. The van der Waals surface area contributed by atoms with Gasteiger partial charge in [-0.25, -0.2) is 0 Å². The number of thioether (sulfide) groups is 1. The summed E-state index contributed by atoms with van der Waals surface area (Å²) < 4.78 is 0. The first-order valence-corrected chi connectivity index (χ1v) is 8.55. The predicted octanol–water partition coefficient (Wildman–Crippen LogP) is 4.72. The van der Waals surface area contributed by atoms with Crippen LogP contribution in [0.3, 0.4) is 0 Å². The molecule has 0 spiro atoms. The molecule has 1 atom stereocenters. The molecule has 3 heteroatoms. The van der Waals surface area contributed by atoms with Gasteiger partial charge in [-0.05, 0) is 36.8 Å². The van der Waals surface area contributed by atoms with Crippen molar-refractivity contribution in [2.24, 2.45) is 0 Å². The molecule has 0 amide bonds. The third-order valence-corrected chi connectivity index (χ3v) is 5.19. The highest BCUT2D eigenvalue weighted by Gasteiger charge is 2.26. The first-order chi connectivity index (χ1) is 10.7. The Morgan fingerprint density at radius 3 is 2.50 bits per heavy atom. The van der Waals surface area contributed by atoms with Gasteiger partial charge in [0.25, 0.3) is 0 Å². The average Bonchev–Trinajstić information content (AvgIpc) is 2.90. The Bertz CT molecular complexity index is 661. The van der Waals surface area contributed by atoms with Crippen LogP contribution < -0.4 is 9.80 Å². The second-order valence-electron chi connectivity index (χ2n) is 5.61. The number of rotatable bonds is 4. The van der Waals surface area contributed by atoms with Crippen molar-refractivity contribution >= 4 is 29.2 Å². The van der Waals surface area contributed by atoms with Gasteiger partial charge in [-0.3, -0.25) is 0 Å². The number of anilines is 2. The van der Waals surface area contributed by atoms with E-state index in [-0.39, 0.29) is 0 Å². The van der Waals surface area contributed by atoms with Crippen molar-refractivity contribution in [2.75, 3.05) is 30.4 Å². The molecule has 0 fully saturated rings. The molecule has 114 valence electrons. The molecular weight excluding hydrogens is 288 g/mol. The Labute approximate surface area is 137 Å². The topological polar surface area (TPSA) is 6.48 Å². The van der Waals surface area contributed by atoms with Gasteiger partial charge in [-0.15, -0.1) is 0 Å². The van der Waals surface area contributed by atoms with Crippen LogP contribution in [-0.4, -0.2) is 26.0 Å².